The predicted octanol–water partition coefficient (Wildman–Crippen LogP) is 3.80. The predicted molar refractivity (Wildman–Crippen MR) is 99.7 cm³/mol. The summed E-state index contributed by atoms with van der Waals surface area (Å²) in [6.45, 7) is 10.2. The zero-order chi connectivity index (χ0) is 17.5. The summed E-state index contributed by atoms with van der Waals surface area (Å²) >= 11 is 1.41. The van der Waals surface area contributed by atoms with Crippen molar-refractivity contribution in [1.82, 2.24) is 4.90 Å². The van der Waals surface area contributed by atoms with Crippen LogP contribution in [0.2, 0.25) is 0 Å². The number of rotatable bonds is 7. The van der Waals surface area contributed by atoms with Gasteiger partial charge in [0.25, 0.3) is 5.91 Å². The van der Waals surface area contributed by atoms with Crippen molar-refractivity contribution < 1.29 is 14.3 Å². The summed E-state index contributed by atoms with van der Waals surface area (Å²) in [6.07, 6.45) is 1.87. The van der Waals surface area contributed by atoms with E-state index >= 15 is 0 Å². The van der Waals surface area contributed by atoms with Crippen LogP contribution in [-0.2, 0) is 4.79 Å². The molecule has 2 rings (SSSR count). The van der Waals surface area contributed by atoms with Crippen LogP contribution in [0.15, 0.2) is 28.1 Å². The maximum atomic E-state index is 12.6. The molecule has 0 saturated carbocycles. The quantitative estimate of drug-likeness (QED) is 0.703. The monoisotopic (exact) mass is 348 g/mol. The molecular formula is C18H24N2O3S. The summed E-state index contributed by atoms with van der Waals surface area (Å²) < 4.78 is 11.2. The van der Waals surface area contributed by atoms with Gasteiger partial charge in [0.05, 0.1) is 18.1 Å². The number of likely N-dealkylation sites (N-methyl/N-ethyl adjacent to an activating group) is 1. The van der Waals surface area contributed by atoms with Crippen molar-refractivity contribution in [3.63, 3.8) is 0 Å². The van der Waals surface area contributed by atoms with Gasteiger partial charge in [0, 0.05) is 24.7 Å². The topological polar surface area (TPSA) is 51.1 Å². The smallest absolute Gasteiger partial charge is 0.266 e. The zero-order valence-corrected chi connectivity index (χ0v) is 15.5. The van der Waals surface area contributed by atoms with E-state index in [1.54, 1.807) is 4.90 Å². The van der Waals surface area contributed by atoms with Crippen molar-refractivity contribution in [3.05, 3.63) is 28.7 Å². The average Bonchev–Trinajstić information content (AvgIpc) is 2.86. The Kier molecular flexibility index (Phi) is 6.73. The molecule has 130 valence electrons. The van der Waals surface area contributed by atoms with Gasteiger partial charge in [-0.3, -0.25) is 14.7 Å². The summed E-state index contributed by atoms with van der Waals surface area (Å²) in [6, 6.07) is 5.67. The fraction of sp³-hybridized carbons (Fsp3) is 0.444. The first-order chi connectivity index (χ1) is 11.6. The second-order valence-electron chi connectivity index (χ2n) is 4.98. The number of ether oxygens (including phenoxy) is 2. The average molecular weight is 348 g/mol. The van der Waals surface area contributed by atoms with Crippen LogP contribution in [0.25, 0.3) is 6.08 Å². The molecule has 5 nitrogen and oxygen atoms in total. The van der Waals surface area contributed by atoms with Gasteiger partial charge < -0.3 is 9.47 Å². The van der Waals surface area contributed by atoms with E-state index in [9.17, 15) is 4.79 Å². The Morgan fingerprint density at radius 2 is 1.92 bits per heavy atom. The molecule has 1 saturated heterocycles. The van der Waals surface area contributed by atoms with Gasteiger partial charge in [0.1, 0.15) is 11.5 Å². The number of thioether (sulfide) groups is 1. The first-order valence-corrected chi connectivity index (χ1v) is 9.11. The highest BCUT2D eigenvalue weighted by atomic mass is 32.2. The van der Waals surface area contributed by atoms with Crippen LogP contribution in [0.4, 0.5) is 0 Å². The third-order valence-electron chi connectivity index (χ3n) is 3.38. The fourth-order valence-electron chi connectivity index (χ4n) is 2.35. The lowest BCUT2D eigenvalue weighted by atomic mass is 10.1. The lowest BCUT2D eigenvalue weighted by Crippen LogP contribution is -2.28. The Balaban J connectivity index is 2.36. The zero-order valence-electron chi connectivity index (χ0n) is 14.7. The third kappa shape index (κ3) is 4.12. The van der Waals surface area contributed by atoms with Gasteiger partial charge in [0.15, 0.2) is 5.17 Å². The first-order valence-electron chi connectivity index (χ1n) is 8.30. The van der Waals surface area contributed by atoms with E-state index in [4.69, 9.17) is 9.47 Å². The molecule has 0 bridgehead atoms. The van der Waals surface area contributed by atoms with E-state index < -0.39 is 0 Å². The van der Waals surface area contributed by atoms with Gasteiger partial charge >= 0.3 is 0 Å². The minimum Gasteiger partial charge on any atom is -0.494 e. The van der Waals surface area contributed by atoms with Gasteiger partial charge in [-0.15, -0.1) is 0 Å². The standard InChI is InChI=1S/C18H24N2O3S/c1-5-19-18-20(6-2)17(21)16(24-18)11-13-9-10-14(22-7-3)12-15(13)23-8-4/h9-12H,5-8H2,1-4H3/b16-11+,19-18?. The number of aliphatic imine (C=N–C) groups is 1. The molecule has 0 atom stereocenters. The molecule has 1 aromatic rings. The van der Waals surface area contributed by atoms with E-state index in [0.29, 0.717) is 37.0 Å². The molecule has 1 aliphatic rings. The van der Waals surface area contributed by atoms with Crippen LogP contribution in [0.5, 0.6) is 11.5 Å². The Bertz CT molecular complexity index is 656. The van der Waals surface area contributed by atoms with Gasteiger partial charge in [-0.25, -0.2) is 0 Å². The maximum Gasteiger partial charge on any atom is 0.266 e. The molecule has 6 heteroatoms. The molecule has 0 N–H and O–H groups in total. The number of amides is 1. The Morgan fingerprint density at radius 3 is 2.54 bits per heavy atom. The highest BCUT2D eigenvalue weighted by Crippen LogP contribution is 2.35. The van der Waals surface area contributed by atoms with Crippen molar-refractivity contribution in [2.24, 2.45) is 4.99 Å². The van der Waals surface area contributed by atoms with Gasteiger partial charge in [-0.2, -0.15) is 0 Å². The van der Waals surface area contributed by atoms with E-state index in [1.165, 1.54) is 11.8 Å². The van der Waals surface area contributed by atoms with Crippen LogP contribution in [0.1, 0.15) is 33.3 Å². The fourth-order valence-corrected chi connectivity index (χ4v) is 3.45. The van der Waals surface area contributed by atoms with Crippen LogP contribution >= 0.6 is 11.8 Å². The van der Waals surface area contributed by atoms with E-state index in [2.05, 4.69) is 4.99 Å². The van der Waals surface area contributed by atoms with Crippen molar-refractivity contribution in [2.45, 2.75) is 27.7 Å². The molecule has 1 heterocycles. The Hall–Kier alpha value is -1.95. The molecule has 1 amide bonds. The molecule has 0 unspecified atom stereocenters. The van der Waals surface area contributed by atoms with Gasteiger partial charge in [-0.05, 0) is 57.7 Å². The summed E-state index contributed by atoms with van der Waals surface area (Å²) in [4.78, 5) is 19.3. The van der Waals surface area contributed by atoms with Crippen LogP contribution in [0.3, 0.4) is 0 Å². The molecule has 24 heavy (non-hydrogen) atoms. The minimum atomic E-state index is -0.00830. The van der Waals surface area contributed by atoms with Crippen LogP contribution < -0.4 is 9.47 Å². The molecule has 0 spiro atoms. The lowest BCUT2D eigenvalue weighted by molar-refractivity contribution is -0.122. The SMILES string of the molecule is CCN=C1S/C(=C/c2ccc(OCC)cc2OCC)C(=O)N1CC. The highest BCUT2D eigenvalue weighted by Gasteiger charge is 2.32. The minimum absolute atomic E-state index is 0.00830. The second-order valence-corrected chi connectivity index (χ2v) is 5.99. The van der Waals surface area contributed by atoms with E-state index in [0.717, 1.165) is 16.5 Å². The Morgan fingerprint density at radius 1 is 1.17 bits per heavy atom. The van der Waals surface area contributed by atoms with Crippen molar-refractivity contribution in [1.29, 1.82) is 0 Å². The number of amidine groups is 1. The normalized spacial score (nSPS) is 17.8. The second kappa shape index (κ2) is 8.78. The molecule has 0 aromatic heterocycles. The molecule has 1 aliphatic heterocycles. The highest BCUT2D eigenvalue weighted by molar-refractivity contribution is 8.18. The number of carbonyl (C=O) groups is 1. The number of hydrogen-bond donors (Lipinski definition) is 0. The summed E-state index contributed by atoms with van der Waals surface area (Å²) in [5.41, 5.74) is 0.866. The Labute approximate surface area is 147 Å². The number of benzene rings is 1. The van der Waals surface area contributed by atoms with E-state index in [1.807, 2.05) is 52.0 Å². The van der Waals surface area contributed by atoms with Crippen LogP contribution in [-0.4, -0.2) is 42.3 Å². The summed E-state index contributed by atoms with van der Waals surface area (Å²) in [5.74, 6) is 1.47. The van der Waals surface area contributed by atoms with Gasteiger partial charge in [-0.1, -0.05) is 0 Å². The molecule has 0 radical (unpaired) electrons. The van der Waals surface area contributed by atoms with Crippen molar-refractivity contribution in [3.8, 4) is 11.5 Å². The van der Waals surface area contributed by atoms with Gasteiger partial charge in [0.2, 0.25) is 0 Å². The van der Waals surface area contributed by atoms with Crippen molar-refractivity contribution >= 4 is 28.9 Å². The first kappa shape index (κ1) is 18.4. The molecule has 0 aliphatic carbocycles. The lowest BCUT2D eigenvalue weighted by Gasteiger charge is -2.12. The summed E-state index contributed by atoms with van der Waals surface area (Å²) in [5, 5.41) is 0.764. The third-order valence-corrected chi connectivity index (χ3v) is 4.42. The van der Waals surface area contributed by atoms with E-state index in [-0.39, 0.29) is 5.91 Å². The largest absolute Gasteiger partial charge is 0.494 e. The maximum absolute atomic E-state index is 12.6. The molecule has 1 aromatic carbocycles. The summed E-state index contributed by atoms with van der Waals surface area (Å²) in [7, 11) is 0. The number of carbonyl (C=O) groups excluding carboxylic acids is 1. The van der Waals surface area contributed by atoms with Crippen LogP contribution in [0, 0.1) is 0 Å². The molecular weight excluding hydrogens is 324 g/mol. The number of nitrogens with zero attached hydrogens (tertiary/aromatic N) is 2. The number of hydrogen-bond acceptors (Lipinski definition) is 5. The molecule has 1 fully saturated rings. The van der Waals surface area contributed by atoms with Crippen molar-refractivity contribution in [2.75, 3.05) is 26.3 Å².